The molecule has 0 fully saturated rings. The fourth-order valence-corrected chi connectivity index (χ4v) is 3.60. The van der Waals surface area contributed by atoms with Crippen LogP contribution in [0.1, 0.15) is 63.5 Å². The molecule has 0 unspecified atom stereocenters. The van der Waals surface area contributed by atoms with Crippen molar-refractivity contribution in [2.24, 2.45) is 17.4 Å². The van der Waals surface area contributed by atoms with E-state index < -0.39 is 0 Å². The Balaban J connectivity index is 0.0000109. The summed E-state index contributed by atoms with van der Waals surface area (Å²) < 4.78 is 6.20. The van der Waals surface area contributed by atoms with E-state index in [0.717, 1.165) is 116 Å². The van der Waals surface area contributed by atoms with Gasteiger partial charge in [0.1, 0.15) is 5.75 Å². The van der Waals surface area contributed by atoms with E-state index in [2.05, 4.69) is 53.3 Å². The van der Waals surface area contributed by atoms with Crippen LogP contribution in [-0.4, -0.2) is 59.0 Å². The lowest BCUT2D eigenvalue weighted by Gasteiger charge is -2.16. The number of nitrogens with two attached hydrogens (primary N) is 2. The Labute approximate surface area is 215 Å². The van der Waals surface area contributed by atoms with E-state index in [1.165, 1.54) is 11.1 Å². The van der Waals surface area contributed by atoms with Gasteiger partial charge in [0.15, 0.2) is 0 Å². The molecular formula is C26H53ClN6O. The van der Waals surface area contributed by atoms with E-state index in [4.69, 9.17) is 16.2 Å². The number of rotatable bonds is 23. The molecule has 0 aliphatic carbocycles. The summed E-state index contributed by atoms with van der Waals surface area (Å²) in [6.07, 6.45) is 6.62. The molecule has 0 aromatic heterocycles. The van der Waals surface area contributed by atoms with Crippen molar-refractivity contribution < 1.29 is 4.74 Å². The third-order valence-electron chi connectivity index (χ3n) is 5.85. The Morgan fingerprint density at radius 2 is 1.12 bits per heavy atom. The van der Waals surface area contributed by atoms with Gasteiger partial charge in [-0.2, -0.15) is 0 Å². The van der Waals surface area contributed by atoms with Crippen LogP contribution in [0.15, 0.2) is 18.2 Å². The molecule has 1 rings (SSSR count). The summed E-state index contributed by atoms with van der Waals surface area (Å²) in [5, 5.41) is 14.0. The predicted molar refractivity (Wildman–Crippen MR) is 149 cm³/mol. The fraction of sp³-hybridized carbons (Fsp3) is 0.769. The molecule has 200 valence electrons. The van der Waals surface area contributed by atoms with Crippen molar-refractivity contribution in [2.45, 2.75) is 65.5 Å². The van der Waals surface area contributed by atoms with Crippen LogP contribution in [0.3, 0.4) is 0 Å². The van der Waals surface area contributed by atoms with Crippen molar-refractivity contribution in [1.82, 2.24) is 21.3 Å². The van der Waals surface area contributed by atoms with Gasteiger partial charge < -0.3 is 37.5 Å². The summed E-state index contributed by atoms with van der Waals surface area (Å²) in [7, 11) is 0. The van der Waals surface area contributed by atoms with Gasteiger partial charge in [-0.3, -0.25) is 0 Å². The van der Waals surface area contributed by atoms with Gasteiger partial charge in [0.05, 0.1) is 6.61 Å². The highest BCUT2D eigenvalue weighted by atomic mass is 35.5. The first-order valence-corrected chi connectivity index (χ1v) is 13.2. The number of hydrogen-bond donors (Lipinski definition) is 6. The quantitative estimate of drug-likeness (QED) is 0.128. The third kappa shape index (κ3) is 17.5. The summed E-state index contributed by atoms with van der Waals surface area (Å²) >= 11 is 0. The maximum absolute atomic E-state index is 6.20. The molecule has 8 N–H and O–H groups in total. The zero-order chi connectivity index (χ0) is 24.0. The lowest BCUT2D eigenvalue weighted by Crippen LogP contribution is -2.24. The maximum atomic E-state index is 6.20. The van der Waals surface area contributed by atoms with Crippen molar-refractivity contribution in [1.29, 1.82) is 0 Å². The summed E-state index contributed by atoms with van der Waals surface area (Å²) in [6.45, 7) is 14.6. The molecule has 1 aromatic carbocycles. The Kier molecular flexibility index (Phi) is 23.1. The van der Waals surface area contributed by atoms with Crippen LogP contribution in [0.2, 0.25) is 0 Å². The second-order valence-corrected chi connectivity index (χ2v) is 8.82. The second kappa shape index (κ2) is 23.8. The van der Waals surface area contributed by atoms with Crippen molar-refractivity contribution in [3.63, 3.8) is 0 Å². The molecule has 0 bridgehead atoms. The molecule has 8 heteroatoms. The molecule has 0 radical (unpaired) electrons. The Morgan fingerprint density at radius 3 is 1.56 bits per heavy atom. The number of benzene rings is 1. The highest BCUT2D eigenvalue weighted by Gasteiger charge is 2.07. The number of ether oxygens (including phenoxy) is 1. The molecule has 0 aliphatic heterocycles. The maximum Gasteiger partial charge on any atom is 0.119 e. The lowest BCUT2D eigenvalue weighted by molar-refractivity contribution is 0.240. The van der Waals surface area contributed by atoms with Crippen molar-refractivity contribution in [2.75, 3.05) is 59.0 Å². The molecule has 7 nitrogen and oxygen atoms in total. The molecule has 0 aliphatic rings. The SMILES string of the molecule is CCC(CC)COc1cc(CNCCCNCCCN)cc(CNCCCNCCCN)c1.Cl. The summed E-state index contributed by atoms with van der Waals surface area (Å²) in [6, 6.07) is 6.68. The first-order valence-electron chi connectivity index (χ1n) is 13.2. The summed E-state index contributed by atoms with van der Waals surface area (Å²) in [5.41, 5.74) is 13.6. The monoisotopic (exact) mass is 500 g/mol. The highest BCUT2D eigenvalue weighted by molar-refractivity contribution is 5.85. The van der Waals surface area contributed by atoms with Gasteiger partial charge in [-0.25, -0.2) is 0 Å². The average molecular weight is 501 g/mol. The molecule has 1 aromatic rings. The van der Waals surface area contributed by atoms with E-state index >= 15 is 0 Å². The fourth-order valence-electron chi connectivity index (χ4n) is 3.60. The van der Waals surface area contributed by atoms with Crippen molar-refractivity contribution >= 4 is 12.4 Å². The largest absolute Gasteiger partial charge is 0.493 e. The van der Waals surface area contributed by atoms with Crippen LogP contribution in [0.4, 0.5) is 0 Å². The van der Waals surface area contributed by atoms with Gasteiger partial charge >= 0.3 is 0 Å². The van der Waals surface area contributed by atoms with Crippen molar-refractivity contribution in [3.05, 3.63) is 29.3 Å². The molecule has 0 atom stereocenters. The van der Waals surface area contributed by atoms with Crippen LogP contribution >= 0.6 is 12.4 Å². The Morgan fingerprint density at radius 1 is 0.676 bits per heavy atom. The zero-order valence-electron chi connectivity index (χ0n) is 21.8. The normalized spacial score (nSPS) is 11.1. The van der Waals surface area contributed by atoms with Crippen LogP contribution in [-0.2, 0) is 13.1 Å². The van der Waals surface area contributed by atoms with Gasteiger partial charge in [0, 0.05) is 13.1 Å². The van der Waals surface area contributed by atoms with Gasteiger partial charge in [-0.1, -0.05) is 32.8 Å². The van der Waals surface area contributed by atoms with Gasteiger partial charge in [0.2, 0.25) is 0 Å². The van der Waals surface area contributed by atoms with Crippen LogP contribution in [0.5, 0.6) is 5.75 Å². The first-order chi connectivity index (χ1) is 16.2. The lowest BCUT2D eigenvalue weighted by atomic mass is 10.1. The number of nitrogens with one attached hydrogen (secondary N) is 4. The molecule has 0 spiro atoms. The average Bonchev–Trinajstić information content (AvgIpc) is 2.83. The molecule has 0 saturated carbocycles. The van der Waals surface area contributed by atoms with E-state index in [9.17, 15) is 0 Å². The smallest absolute Gasteiger partial charge is 0.119 e. The minimum atomic E-state index is 0. The predicted octanol–water partition coefficient (Wildman–Crippen LogP) is 2.76. The van der Waals surface area contributed by atoms with Gasteiger partial charge in [0.25, 0.3) is 0 Å². The molecular weight excluding hydrogens is 448 g/mol. The Hall–Kier alpha value is -0.930. The standard InChI is InChI=1S/C26H52N6O.ClH/c1-3-23(4-2)22-33-26-18-24(20-31-15-7-13-29-11-5-9-27)17-25(19-26)21-32-16-8-14-30-12-6-10-28;/h17-19,23,29-32H,3-16,20-22,27-28H2,1-2H3;1H. The minimum Gasteiger partial charge on any atom is -0.493 e. The molecule has 0 saturated heterocycles. The van der Waals surface area contributed by atoms with Gasteiger partial charge in [-0.15, -0.1) is 12.4 Å². The van der Waals surface area contributed by atoms with Gasteiger partial charge in [-0.05, 0) is 107 Å². The third-order valence-corrected chi connectivity index (χ3v) is 5.85. The van der Waals surface area contributed by atoms with E-state index in [1.54, 1.807) is 0 Å². The van der Waals surface area contributed by atoms with Crippen LogP contribution in [0.25, 0.3) is 0 Å². The van der Waals surface area contributed by atoms with E-state index in [-0.39, 0.29) is 12.4 Å². The molecule has 0 heterocycles. The minimum absolute atomic E-state index is 0. The van der Waals surface area contributed by atoms with Crippen LogP contribution in [0, 0.1) is 5.92 Å². The van der Waals surface area contributed by atoms with Crippen LogP contribution < -0.4 is 37.5 Å². The number of hydrogen-bond acceptors (Lipinski definition) is 7. The number of halogens is 1. The Bertz CT molecular complexity index is 536. The zero-order valence-corrected chi connectivity index (χ0v) is 22.6. The second-order valence-electron chi connectivity index (χ2n) is 8.82. The summed E-state index contributed by atoms with van der Waals surface area (Å²) in [5.74, 6) is 1.61. The molecule has 34 heavy (non-hydrogen) atoms. The highest BCUT2D eigenvalue weighted by Crippen LogP contribution is 2.20. The summed E-state index contributed by atoms with van der Waals surface area (Å²) in [4.78, 5) is 0. The van der Waals surface area contributed by atoms with E-state index in [1.807, 2.05) is 0 Å². The first kappa shape index (κ1) is 33.1. The van der Waals surface area contributed by atoms with E-state index in [0.29, 0.717) is 5.92 Å². The molecule has 0 amide bonds. The topological polar surface area (TPSA) is 109 Å². The van der Waals surface area contributed by atoms with Crippen molar-refractivity contribution in [3.8, 4) is 5.75 Å².